The van der Waals surface area contributed by atoms with Crippen molar-refractivity contribution in [3.63, 3.8) is 0 Å². The minimum absolute atomic E-state index is 0.0607. The molecule has 7 nitrogen and oxygen atoms in total. The van der Waals surface area contributed by atoms with Crippen LogP contribution in [0.4, 0.5) is 5.69 Å². The zero-order chi connectivity index (χ0) is 22.6. The maximum Gasteiger partial charge on any atom is 0.276 e. The number of nitrogens with zero attached hydrogens (tertiary/aromatic N) is 2. The number of nitrogens with one attached hydrogen (secondary N) is 1. The normalized spacial score (nSPS) is 13.8. The number of carbonyl (C=O) groups excluding carboxylic acids is 1. The average molecular weight is 454 g/mol. The lowest BCUT2D eigenvalue weighted by molar-refractivity contribution is 0.102. The highest BCUT2D eigenvalue weighted by Gasteiger charge is 2.25. The Morgan fingerprint density at radius 2 is 1.84 bits per heavy atom. The Morgan fingerprint density at radius 1 is 1.06 bits per heavy atom. The number of aromatic nitrogens is 2. The van der Waals surface area contributed by atoms with E-state index in [4.69, 9.17) is 9.84 Å². The monoisotopic (exact) mass is 453 g/mol. The van der Waals surface area contributed by atoms with Gasteiger partial charge in [0.2, 0.25) is 0 Å². The minimum Gasteiger partial charge on any atom is -0.492 e. The van der Waals surface area contributed by atoms with Gasteiger partial charge in [-0.25, -0.2) is 13.1 Å². The summed E-state index contributed by atoms with van der Waals surface area (Å²) in [6, 6.07) is 16.8. The molecule has 1 aliphatic rings. The summed E-state index contributed by atoms with van der Waals surface area (Å²) in [5.41, 5.74) is 4.10. The number of hydrogen-bond donors (Lipinski definition) is 1. The van der Waals surface area contributed by atoms with Crippen LogP contribution in [-0.4, -0.2) is 42.7 Å². The molecule has 0 spiro atoms. The smallest absolute Gasteiger partial charge is 0.276 e. The number of anilines is 1. The van der Waals surface area contributed by atoms with E-state index in [1.165, 1.54) is 6.26 Å². The zero-order valence-electron chi connectivity index (χ0n) is 18.1. The lowest BCUT2D eigenvalue weighted by Gasteiger charge is -2.09. The second-order valence-electron chi connectivity index (χ2n) is 8.04. The maximum atomic E-state index is 13.2. The Hall–Kier alpha value is -3.13. The average Bonchev–Trinajstić information content (AvgIpc) is 2.95. The van der Waals surface area contributed by atoms with Gasteiger partial charge in [-0.1, -0.05) is 30.7 Å². The molecule has 8 heteroatoms. The predicted molar refractivity (Wildman–Crippen MR) is 124 cm³/mol. The first kappa shape index (κ1) is 22.1. The second-order valence-corrected chi connectivity index (χ2v) is 10.3. The number of sulfone groups is 1. The molecule has 0 fully saturated rings. The third-order valence-corrected chi connectivity index (χ3v) is 6.37. The van der Waals surface area contributed by atoms with Crippen molar-refractivity contribution in [2.45, 2.75) is 32.1 Å². The molecule has 1 aliphatic carbocycles. The van der Waals surface area contributed by atoms with Crippen LogP contribution in [0.3, 0.4) is 0 Å². The topological polar surface area (TPSA) is 90.3 Å². The van der Waals surface area contributed by atoms with Crippen molar-refractivity contribution in [2.75, 3.05) is 23.9 Å². The van der Waals surface area contributed by atoms with E-state index >= 15 is 0 Å². The molecule has 0 saturated heterocycles. The van der Waals surface area contributed by atoms with Gasteiger partial charge >= 0.3 is 0 Å². The first-order valence-electron chi connectivity index (χ1n) is 10.8. The Balaban J connectivity index is 1.56. The molecule has 0 aliphatic heterocycles. The van der Waals surface area contributed by atoms with Crippen LogP contribution >= 0.6 is 0 Å². The van der Waals surface area contributed by atoms with Gasteiger partial charge in [-0.3, -0.25) is 4.79 Å². The molecule has 3 aromatic rings. The molecule has 32 heavy (non-hydrogen) atoms. The first-order chi connectivity index (χ1) is 15.4. The molecule has 0 bridgehead atoms. The summed E-state index contributed by atoms with van der Waals surface area (Å²) in [7, 11) is -3.10. The SMILES string of the molecule is CS(=O)(=O)CCOc1cccc(NC(=O)c2nn(-c3ccccc3)c3c2CCCCC3)c1. The number of fused-ring (bicyclic) bond motifs is 1. The van der Waals surface area contributed by atoms with Crippen LogP contribution in [0.25, 0.3) is 5.69 Å². The van der Waals surface area contributed by atoms with Crippen molar-refractivity contribution in [1.29, 1.82) is 0 Å². The lowest BCUT2D eigenvalue weighted by atomic mass is 10.1. The van der Waals surface area contributed by atoms with Gasteiger partial charge < -0.3 is 10.1 Å². The fourth-order valence-electron chi connectivity index (χ4n) is 3.91. The highest BCUT2D eigenvalue weighted by Crippen LogP contribution is 2.27. The van der Waals surface area contributed by atoms with Crippen molar-refractivity contribution in [2.24, 2.45) is 0 Å². The number of hydrogen-bond acceptors (Lipinski definition) is 5. The summed E-state index contributed by atoms with van der Waals surface area (Å²) in [5.74, 6) is 0.179. The summed E-state index contributed by atoms with van der Waals surface area (Å²) >= 11 is 0. The van der Waals surface area contributed by atoms with Gasteiger partial charge in [-0.05, 0) is 49.9 Å². The van der Waals surface area contributed by atoms with Crippen molar-refractivity contribution in [3.05, 3.63) is 71.5 Å². The van der Waals surface area contributed by atoms with Crippen LogP contribution in [-0.2, 0) is 22.7 Å². The van der Waals surface area contributed by atoms with Crippen LogP contribution in [0.15, 0.2) is 54.6 Å². The van der Waals surface area contributed by atoms with Gasteiger partial charge in [0.15, 0.2) is 15.5 Å². The summed E-state index contributed by atoms with van der Waals surface area (Å²) in [5, 5.41) is 7.63. The number of rotatable bonds is 7. The Bertz CT molecular complexity index is 1200. The highest BCUT2D eigenvalue weighted by molar-refractivity contribution is 7.90. The van der Waals surface area contributed by atoms with E-state index in [2.05, 4.69) is 5.32 Å². The van der Waals surface area contributed by atoms with Gasteiger partial charge in [0.1, 0.15) is 12.4 Å². The summed E-state index contributed by atoms with van der Waals surface area (Å²) in [6.45, 7) is 0.0607. The molecule has 1 N–H and O–H groups in total. The molecular formula is C24H27N3O4S. The number of ether oxygens (including phenoxy) is 1. The molecule has 2 aromatic carbocycles. The minimum atomic E-state index is -3.10. The molecular weight excluding hydrogens is 426 g/mol. The van der Waals surface area contributed by atoms with Gasteiger partial charge in [-0.15, -0.1) is 0 Å². The fraction of sp³-hybridized carbons (Fsp3) is 0.333. The second kappa shape index (κ2) is 9.56. The molecule has 0 saturated carbocycles. The van der Waals surface area contributed by atoms with Gasteiger partial charge in [0.05, 0.1) is 11.4 Å². The van der Waals surface area contributed by atoms with E-state index in [1.807, 2.05) is 35.0 Å². The van der Waals surface area contributed by atoms with Crippen LogP contribution in [0.1, 0.15) is 41.0 Å². The van der Waals surface area contributed by atoms with Crippen LogP contribution < -0.4 is 10.1 Å². The summed E-state index contributed by atoms with van der Waals surface area (Å²) in [6.07, 6.45) is 6.16. The van der Waals surface area contributed by atoms with Crippen molar-refractivity contribution < 1.29 is 17.9 Å². The van der Waals surface area contributed by atoms with Crippen LogP contribution in [0.5, 0.6) is 5.75 Å². The largest absolute Gasteiger partial charge is 0.492 e. The maximum absolute atomic E-state index is 13.2. The van der Waals surface area contributed by atoms with Crippen LogP contribution in [0, 0.1) is 0 Å². The van der Waals surface area contributed by atoms with Crippen molar-refractivity contribution in [3.8, 4) is 11.4 Å². The standard InChI is InChI=1S/C24H27N3O4S/c1-32(29,30)16-15-31-20-12-8-9-18(17-20)25-24(28)23-21-13-6-3-7-14-22(21)27(26-23)19-10-4-2-5-11-19/h2,4-5,8-12,17H,3,6-7,13-16H2,1H3,(H,25,28). The van der Waals surface area contributed by atoms with Gasteiger partial charge in [-0.2, -0.15) is 5.10 Å². The highest BCUT2D eigenvalue weighted by atomic mass is 32.2. The summed E-state index contributed by atoms with van der Waals surface area (Å²) in [4.78, 5) is 13.2. The lowest BCUT2D eigenvalue weighted by Crippen LogP contribution is -2.15. The molecule has 0 atom stereocenters. The molecule has 1 aromatic heterocycles. The third-order valence-electron chi connectivity index (χ3n) is 5.46. The predicted octanol–water partition coefficient (Wildman–Crippen LogP) is 3.82. The molecule has 1 heterocycles. The fourth-order valence-corrected chi connectivity index (χ4v) is 4.29. The van der Waals surface area contributed by atoms with Gasteiger partial charge in [0.25, 0.3) is 5.91 Å². The molecule has 168 valence electrons. The number of carbonyl (C=O) groups is 1. The molecule has 0 unspecified atom stereocenters. The van der Waals surface area contributed by atoms with Crippen LogP contribution in [0.2, 0.25) is 0 Å². The molecule has 4 rings (SSSR count). The Labute approximate surface area is 188 Å². The van der Waals surface area contributed by atoms with Crippen molar-refractivity contribution >= 4 is 21.4 Å². The van der Waals surface area contributed by atoms with E-state index < -0.39 is 9.84 Å². The third kappa shape index (κ3) is 5.37. The van der Waals surface area contributed by atoms with E-state index in [-0.39, 0.29) is 18.3 Å². The quantitative estimate of drug-likeness (QED) is 0.549. The molecule has 0 radical (unpaired) electrons. The molecule has 1 amide bonds. The Morgan fingerprint density at radius 3 is 2.62 bits per heavy atom. The van der Waals surface area contributed by atoms with E-state index in [0.717, 1.165) is 49.0 Å². The first-order valence-corrected chi connectivity index (χ1v) is 12.8. The van der Waals surface area contributed by atoms with E-state index in [1.54, 1.807) is 24.3 Å². The zero-order valence-corrected chi connectivity index (χ0v) is 18.9. The number of benzene rings is 2. The number of amides is 1. The van der Waals surface area contributed by atoms with Crippen molar-refractivity contribution in [1.82, 2.24) is 9.78 Å². The van der Waals surface area contributed by atoms with E-state index in [0.29, 0.717) is 17.1 Å². The Kier molecular flexibility index (Phi) is 6.60. The summed E-state index contributed by atoms with van der Waals surface area (Å²) < 4.78 is 30.0. The van der Waals surface area contributed by atoms with E-state index in [9.17, 15) is 13.2 Å². The van der Waals surface area contributed by atoms with Gasteiger partial charge in [0, 0.05) is 29.3 Å². The number of para-hydroxylation sites is 1.